The Morgan fingerprint density at radius 3 is 2.68 bits per heavy atom. The fraction of sp³-hybridized carbons (Fsp3) is 0.278. The second-order valence-corrected chi connectivity index (χ2v) is 6.33. The summed E-state index contributed by atoms with van der Waals surface area (Å²) in [6.07, 6.45) is 2.99. The summed E-state index contributed by atoms with van der Waals surface area (Å²) in [6, 6.07) is 6.80. The maximum absolute atomic E-state index is 12.4. The van der Waals surface area contributed by atoms with E-state index in [1.807, 2.05) is 13.0 Å². The van der Waals surface area contributed by atoms with Gasteiger partial charge < -0.3 is 5.11 Å². The zero-order chi connectivity index (χ0) is 18.6. The van der Waals surface area contributed by atoms with E-state index in [0.29, 0.717) is 39.8 Å². The highest BCUT2D eigenvalue weighted by Crippen LogP contribution is 2.27. The van der Waals surface area contributed by atoms with Crippen LogP contribution in [0.3, 0.4) is 0 Å². The van der Waals surface area contributed by atoms with E-state index < -0.39 is 5.56 Å². The molecule has 2 rings (SSSR count). The summed E-state index contributed by atoms with van der Waals surface area (Å²) in [7, 11) is 0. The quantitative estimate of drug-likeness (QED) is 0.773. The number of nitriles is 1. The number of rotatable bonds is 5. The Balaban J connectivity index is 2.56. The first-order valence-electron chi connectivity index (χ1n) is 7.76. The van der Waals surface area contributed by atoms with E-state index in [1.54, 1.807) is 25.1 Å². The normalized spacial score (nSPS) is 11.0. The molecule has 1 N–H and O–H groups in total. The Bertz CT molecular complexity index is 927. The van der Waals surface area contributed by atoms with Gasteiger partial charge in [-0.25, -0.2) is 0 Å². The molecule has 1 heterocycles. The highest BCUT2D eigenvalue weighted by molar-refractivity contribution is 6.42. The lowest BCUT2D eigenvalue weighted by atomic mass is 10.1. The molecule has 0 fully saturated rings. The molecule has 0 radical (unpaired) electrons. The van der Waals surface area contributed by atoms with E-state index >= 15 is 0 Å². The van der Waals surface area contributed by atoms with Crippen LogP contribution in [0.4, 0.5) is 5.69 Å². The Morgan fingerprint density at radius 2 is 2.08 bits per heavy atom. The maximum Gasteiger partial charge on any atom is 0.271 e. The number of halogens is 2. The Hall–Kier alpha value is -2.29. The van der Waals surface area contributed by atoms with Crippen molar-refractivity contribution in [2.45, 2.75) is 33.2 Å². The van der Waals surface area contributed by atoms with Crippen molar-refractivity contribution in [2.75, 3.05) is 0 Å². The van der Waals surface area contributed by atoms with Crippen molar-refractivity contribution in [1.29, 1.82) is 5.26 Å². The van der Waals surface area contributed by atoms with E-state index in [4.69, 9.17) is 23.2 Å². The van der Waals surface area contributed by atoms with E-state index in [2.05, 4.69) is 4.99 Å². The van der Waals surface area contributed by atoms with Crippen molar-refractivity contribution < 1.29 is 5.11 Å². The topological polar surface area (TPSA) is 78.4 Å². The van der Waals surface area contributed by atoms with Gasteiger partial charge in [0.05, 0.1) is 21.3 Å². The third kappa shape index (κ3) is 4.04. The molecule has 1 aromatic carbocycles. The van der Waals surface area contributed by atoms with Gasteiger partial charge in [0.15, 0.2) is 0 Å². The van der Waals surface area contributed by atoms with Crippen LogP contribution in [0.25, 0.3) is 0 Å². The minimum atomic E-state index is -0.488. The minimum absolute atomic E-state index is 0.00416. The van der Waals surface area contributed by atoms with Crippen LogP contribution in [0.15, 0.2) is 28.0 Å². The van der Waals surface area contributed by atoms with Crippen LogP contribution in [0.5, 0.6) is 5.88 Å². The summed E-state index contributed by atoms with van der Waals surface area (Å²) in [4.78, 5) is 16.6. The van der Waals surface area contributed by atoms with Crippen LogP contribution in [0.2, 0.25) is 10.0 Å². The number of hydrogen-bond donors (Lipinski definition) is 1. The van der Waals surface area contributed by atoms with Crippen LogP contribution >= 0.6 is 23.2 Å². The number of aromatic nitrogens is 1. The van der Waals surface area contributed by atoms with Crippen molar-refractivity contribution in [3.05, 3.63) is 55.3 Å². The molecule has 0 amide bonds. The zero-order valence-corrected chi connectivity index (χ0v) is 15.4. The molecular formula is C18H17Cl2N3O2. The van der Waals surface area contributed by atoms with Gasteiger partial charge in [-0.05, 0) is 37.1 Å². The van der Waals surface area contributed by atoms with Crippen LogP contribution < -0.4 is 5.56 Å². The van der Waals surface area contributed by atoms with Crippen molar-refractivity contribution in [3.8, 4) is 11.9 Å². The summed E-state index contributed by atoms with van der Waals surface area (Å²) < 4.78 is 1.21. The standard InChI is InChI=1S/C18H17Cl2N3O2/c1-3-4-7-23-17(24)13(9-21)11(2)14(18(23)25)10-22-12-5-6-15(19)16(20)8-12/h5-6,8,10,25H,3-4,7H2,1-2H3. The molecule has 25 heavy (non-hydrogen) atoms. The first-order chi connectivity index (χ1) is 11.9. The monoisotopic (exact) mass is 377 g/mol. The number of benzene rings is 1. The minimum Gasteiger partial charge on any atom is -0.494 e. The van der Waals surface area contributed by atoms with Gasteiger partial charge in [0, 0.05) is 12.8 Å². The molecule has 2 aromatic rings. The summed E-state index contributed by atoms with van der Waals surface area (Å²) in [6.45, 7) is 3.93. The lowest BCUT2D eigenvalue weighted by Gasteiger charge is -2.13. The smallest absolute Gasteiger partial charge is 0.271 e. The molecule has 0 aliphatic carbocycles. The summed E-state index contributed by atoms with van der Waals surface area (Å²) >= 11 is 11.8. The molecule has 0 saturated heterocycles. The number of aromatic hydroxyl groups is 1. The predicted octanol–water partition coefficient (Wildman–Crippen LogP) is 4.59. The van der Waals surface area contributed by atoms with Gasteiger partial charge in [0.1, 0.15) is 11.6 Å². The van der Waals surface area contributed by atoms with Gasteiger partial charge in [-0.2, -0.15) is 5.26 Å². The number of pyridine rings is 1. The van der Waals surface area contributed by atoms with Crippen LogP contribution in [0.1, 0.15) is 36.5 Å². The first-order valence-corrected chi connectivity index (χ1v) is 8.51. The molecule has 0 atom stereocenters. The van der Waals surface area contributed by atoms with E-state index in [1.165, 1.54) is 10.8 Å². The summed E-state index contributed by atoms with van der Waals surface area (Å²) in [5.41, 5.74) is 0.778. The van der Waals surface area contributed by atoms with Gasteiger partial charge in [0.25, 0.3) is 5.56 Å². The average Bonchev–Trinajstić information content (AvgIpc) is 2.58. The SMILES string of the molecule is CCCCn1c(O)c(C=Nc2ccc(Cl)c(Cl)c2)c(C)c(C#N)c1=O. The number of aliphatic imine (C=N–C) groups is 1. The number of nitrogens with zero attached hydrogens (tertiary/aromatic N) is 3. The van der Waals surface area contributed by atoms with Crippen LogP contribution in [0, 0.1) is 18.3 Å². The van der Waals surface area contributed by atoms with Gasteiger partial charge in [0.2, 0.25) is 5.88 Å². The van der Waals surface area contributed by atoms with Gasteiger partial charge in [-0.3, -0.25) is 14.4 Å². The van der Waals surface area contributed by atoms with E-state index in [-0.39, 0.29) is 11.4 Å². The fourth-order valence-corrected chi connectivity index (χ4v) is 2.65. The van der Waals surface area contributed by atoms with Gasteiger partial charge >= 0.3 is 0 Å². The summed E-state index contributed by atoms with van der Waals surface area (Å²) in [5.74, 6) is -0.196. The molecule has 130 valence electrons. The Labute approximate surface area is 155 Å². The van der Waals surface area contributed by atoms with Crippen molar-refractivity contribution >= 4 is 35.1 Å². The largest absolute Gasteiger partial charge is 0.494 e. The maximum atomic E-state index is 12.4. The van der Waals surface area contributed by atoms with Gasteiger partial charge in [-0.15, -0.1) is 0 Å². The third-order valence-corrected chi connectivity index (χ3v) is 4.57. The fourth-order valence-electron chi connectivity index (χ4n) is 2.35. The molecule has 1 aromatic heterocycles. The van der Waals surface area contributed by atoms with Crippen molar-refractivity contribution in [3.63, 3.8) is 0 Å². The predicted molar refractivity (Wildman–Crippen MR) is 100 cm³/mol. The highest BCUT2D eigenvalue weighted by Gasteiger charge is 2.17. The van der Waals surface area contributed by atoms with Crippen LogP contribution in [-0.4, -0.2) is 15.9 Å². The molecule has 0 spiro atoms. The van der Waals surface area contributed by atoms with Gasteiger partial charge in [-0.1, -0.05) is 36.5 Å². The Morgan fingerprint density at radius 1 is 1.36 bits per heavy atom. The molecule has 7 heteroatoms. The average molecular weight is 378 g/mol. The number of hydrogen-bond acceptors (Lipinski definition) is 4. The van der Waals surface area contributed by atoms with Crippen LogP contribution in [-0.2, 0) is 6.54 Å². The molecule has 0 aliphatic heterocycles. The Kier molecular flexibility index (Phi) is 6.24. The van der Waals surface area contributed by atoms with E-state index in [9.17, 15) is 15.2 Å². The molecule has 5 nitrogen and oxygen atoms in total. The highest BCUT2D eigenvalue weighted by atomic mass is 35.5. The zero-order valence-electron chi connectivity index (χ0n) is 13.9. The molecule has 0 saturated carbocycles. The van der Waals surface area contributed by atoms with Crippen molar-refractivity contribution in [1.82, 2.24) is 4.57 Å². The second-order valence-electron chi connectivity index (χ2n) is 5.52. The summed E-state index contributed by atoms with van der Waals surface area (Å²) in [5, 5.41) is 20.6. The number of unbranched alkanes of at least 4 members (excludes halogenated alkanes) is 1. The van der Waals surface area contributed by atoms with E-state index in [0.717, 1.165) is 6.42 Å². The lowest BCUT2D eigenvalue weighted by molar-refractivity contribution is 0.400. The lowest BCUT2D eigenvalue weighted by Crippen LogP contribution is -2.25. The molecule has 0 bridgehead atoms. The first kappa shape index (κ1) is 19.0. The molecule has 0 unspecified atom stereocenters. The van der Waals surface area contributed by atoms with Crippen molar-refractivity contribution in [2.24, 2.45) is 4.99 Å². The molecule has 0 aliphatic rings. The second kappa shape index (κ2) is 8.19. The third-order valence-electron chi connectivity index (χ3n) is 3.83. The molecular weight excluding hydrogens is 361 g/mol.